The van der Waals surface area contributed by atoms with Gasteiger partial charge in [0.1, 0.15) is 5.75 Å². The summed E-state index contributed by atoms with van der Waals surface area (Å²) >= 11 is 0. The van der Waals surface area contributed by atoms with Gasteiger partial charge in [-0.05, 0) is 42.7 Å². The van der Waals surface area contributed by atoms with E-state index in [4.69, 9.17) is 0 Å². The van der Waals surface area contributed by atoms with Gasteiger partial charge in [0.15, 0.2) is 0 Å². The lowest BCUT2D eigenvalue weighted by Crippen LogP contribution is -2.22. The zero-order chi connectivity index (χ0) is 13.8. The minimum absolute atomic E-state index is 0.0935. The van der Waals surface area contributed by atoms with E-state index in [1.807, 2.05) is 44.2 Å². The maximum Gasteiger partial charge on any atom is 0.251 e. The molecule has 0 fully saturated rings. The highest BCUT2D eigenvalue weighted by Gasteiger charge is 2.06. The number of amides is 1. The summed E-state index contributed by atoms with van der Waals surface area (Å²) in [5.74, 6) is 0.224. The third kappa shape index (κ3) is 3.13. The maximum absolute atomic E-state index is 11.9. The normalized spacial score (nSPS) is 10.2. The van der Waals surface area contributed by atoms with Crippen LogP contribution in [-0.4, -0.2) is 11.0 Å². The Balaban J connectivity index is 2.05. The van der Waals surface area contributed by atoms with E-state index < -0.39 is 0 Å². The third-order valence-electron chi connectivity index (χ3n) is 3.04. The molecule has 0 saturated heterocycles. The first-order valence-corrected chi connectivity index (χ1v) is 6.20. The second-order valence-electron chi connectivity index (χ2n) is 4.63. The fourth-order valence-electron chi connectivity index (χ4n) is 2.02. The van der Waals surface area contributed by atoms with E-state index in [9.17, 15) is 9.90 Å². The summed E-state index contributed by atoms with van der Waals surface area (Å²) in [5, 5.41) is 12.6. The highest BCUT2D eigenvalue weighted by Crippen LogP contribution is 2.22. The van der Waals surface area contributed by atoms with Crippen molar-refractivity contribution in [1.29, 1.82) is 0 Å². The topological polar surface area (TPSA) is 49.3 Å². The summed E-state index contributed by atoms with van der Waals surface area (Å²) in [6, 6.07) is 12.9. The highest BCUT2D eigenvalue weighted by molar-refractivity contribution is 5.94. The second-order valence-corrected chi connectivity index (χ2v) is 4.63. The molecule has 0 bridgehead atoms. The number of phenolic OH excluding ortho intramolecular Hbond substituents is 1. The highest BCUT2D eigenvalue weighted by atomic mass is 16.3. The molecule has 0 aliphatic carbocycles. The van der Waals surface area contributed by atoms with Gasteiger partial charge < -0.3 is 10.4 Å². The monoisotopic (exact) mass is 255 g/mol. The Bertz CT molecular complexity index is 568. The van der Waals surface area contributed by atoms with Gasteiger partial charge in [-0.3, -0.25) is 4.79 Å². The predicted molar refractivity (Wildman–Crippen MR) is 75.2 cm³/mol. The van der Waals surface area contributed by atoms with Crippen molar-refractivity contribution >= 4 is 5.91 Å². The SMILES string of the molecule is Cc1cc(CNC(=O)c2ccccc2)cc(C)c1O. The van der Waals surface area contributed by atoms with Crippen LogP contribution in [0.3, 0.4) is 0 Å². The molecule has 1 amide bonds. The molecule has 0 atom stereocenters. The van der Waals surface area contributed by atoms with E-state index in [1.165, 1.54) is 0 Å². The number of benzene rings is 2. The van der Waals surface area contributed by atoms with Crippen LogP contribution < -0.4 is 5.32 Å². The first-order chi connectivity index (χ1) is 9.08. The minimum Gasteiger partial charge on any atom is -0.507 e. The maximum atomic E-state index is 11.9. The number of phenols is 1. The molecular weight excluding hydrogens is 238 g/mol. The third-order valence-corrected chi connectivity index (χ3v) is 3.04. The average Bonchev–Trinajstić information content (AvgIpc) is 2.43. The van der Waals surface area contributed by atoms with Crippen molar-refractivity contribution < 1.29 is 9.90 Å². The predicted octanol–water partition coefficient (Wildman–Crippen LogP) is 2.94. The zero-order valence-corrected chi connectivity index (χ0v) is 11.1. The lowest BCUT2D eigenvalue weighted by Gasteiger charge is -2.09. The van der Waals surface area contributed by atoms with Gasteiger partial charge in [-0.25, -0.2) is 0 Å². The van der Waals surface area contributed by atoms with Crippen LogP contribution in [0.25, 0.3) is 0 Å². The molecule has 0 radical (unpaired) electrons. The van der Waals surface area contributed by atoms with Crippen molar-refractivity contribution in [2.45, 2.75) is 20.4 Å². The summed E-state index contributed by atoms with van der Waals surface area (Å²) < 4.78 is 0. The molecule has 2 aromatic carbocycles. The number of hydrogen-bond donors (Lipinski definition) is 2. The minimum atomic E-state index is -0.0935. The van der Waals surface area contributed by atoms with Gasteiger partial charge >= 0.3 is 0 Å². The van der Waals surface area contributed by atoms with Gasteiger partial charge in [-0.2, -0.15) is 0 Å². The van der Waals surface area contributed by atoms with E-state index in [0.717, 1.165) is 16.7 Å². The van der Waals surface area contributed by atoms with Gasteiger partial charge in [0.25, 0.3) is 5.91 Å². The van der Waals surface area contributed by atoms with Crippen LogP contribution in [0.1, 0.15) is 27.0 Å². The molecular formula is C16H17NO2. The number of nitrogens with one attached hydrogen (secondary N) is 1. The van der Waals surface area contributed by atoms with Crippen LogP contribution in [0.2, 0.25) is 0 Å². The summed E-state index contributed by atoms with van der Waals surface area (Å²) in [5.41, 5.74) is 3.28. The molecule has 0 spiro atoms. The molecule has 19 heavy (non-hydrogen) atoms. The largest absolute Gasteiger partial charge is 0.507 e. The number of carbonyl (C=O) groups is 1. The lowest BCUT2D eigenvalue weighted by molar-refractivity contribution is 0.0951. The molecule has 2 N–H and O–H groups in total. The van der Waals surface area contributed by atoms with Crippen molar-refractivity contribution in [2.75, 3.05) is 0 Å². The summed E-state index contributed by atoms with van der Waals surface area (Å²) in [6.45, 7) is 4.16. The Labute approximate surface area is 112 Å². The molecule has 0 unspecified atom stereocenters. The Kier molecular flexibility index (Phi) is 3.85. The quantitative estimate of drug-likeness (QED) is 0.886. The van der Waals surface area contributed by atoms with Crippen LogP contribution in [0.5, 0.6) is 5.75 Å². The Morgan fingerprint density at radius 1 is 1.11 bits per heavy atom. The van der Waals surface area contributed by atoms with Crippen LogP contribution in [0, 0.1) is 13.8 Å². The molecule has 3 nitrogen and oxygen atoms in total. The molecule has 2 aromatic rings. The second kappa shape index (κ2) is 5.57. The van der Waals surface area contributed by atoms with E-state index in [2.05, 4.69) is 5.32 Å². The molecule has 98 valence electrons. The summed E-state index contributed by atoms with van der Waals surface area (Å²) in [7, 11) is 0. The smallest absolute Gasteiger partial charge is 0.251 e. The van der Waals surface area contributed by atoms with Gasteiger partial charge in [0.05, 0.1) is 0 Å². The number of rotatable bonds is 3. The molecule has 0 heterocycles. The van der Waals surface area contributed by atoms with Gasteiger partial charge in [-0.15, -0.1) is 0 Å². The fraction of sp³-hybridized carbons (Fsp3) is 0.188. The van der Waals surface area contributed by atoms with Crippen molar-refractivity contribution in [3.8, 4) is 5.75 Å². The summed E-state index contributed by atoms with van der Waals surface area (Å²) in [6.07, 6.45) is 0. The molecule has 0 aliphatic heterocycles. The first-order valence-electron chi connectivity index (χ1n) is 6.20. The van der Waals surface area contributed by atoms with Crippen LogP contribution in [0.4, 0.5) is 0 Å². The van der Waals surface area contributed by atoms with Crippen molar-refractivity contribution in [2.24, 2.45) is 0 Å². The van der Waals surface area contributed by atoms with Gasteiger partial charge in [0, 0.05) is 12.1 Å². The Morgan fingerprint density at radius 3 is 2.26 bits per heavy atom. The molecule has 3 heteroatoms. The average molecular weight is 255 g/mol. The van der Waals surface area contributed by atoms with E-state index in [-0.39, 0.29) is 5.91 Å². The van der Waals surface area contributed by atoms with Crippen LogP contribution in [0.15, 0.2) is 42.5 Å². The van der Waals surface area contributed by atoms with Crippen LogP contribution in [-0.2, 0) is 6.54 Å². The van der Waals surface area contributed by atoms with Crippen LogP contribution >= 0.6 is 0 Å². The van der Waals surface area contributed by atoms with E-state index in [1.54, 1.807) is 12.1 Å². The summed E-state index contributed by atoms with van der Waals surface area (Å²) in [4.78, 5) is 11.9. The molecule has 0 saturated carbocycles. The number of hydrogen-bond acceptors (Lipinski definition) is 2. The van der Waals surface area contributed by atoms with E-state index in [0.29, 0.717) is 17.9 Å². The van der Waals surface area contributed by atoms with Gasteiger partial charge in [-0.1, -0.05) is 30.3 Å². The number of aromatic hydroxyl groups is 1. The molecule has 2 rings (SSSR count). The Morgan fingerprint density at radius 2 is 1.68 bits per heavy atom. The molecule has 0 aliphatic rings. The fourth-order valence-corrected chi connectivity index (χ4v) is 2.02. The van der Waals surface area contributed by atoms with E-state index >= 15 is 0 Å². The van der Waals surface area contributed by atoms with Crippen molar-refractivity contribution in [3.63, 3.8) is 0 Å². The number of carbonyl (C=O) groups excluding carboxylic acids is 1. The first kappa shape index (κ1) is 13.1. The standard InChI is InChI=1S/C16H17NO2/c1-11-8-13(9-12(2)15(11)18)10-17-16(19)14-6-4-3-5-7-14/h3-9,18H,10H2,1-2H3,(H,17,19). The number of aryl methyl sites for hydroxylation is 2. The zero-order valence-electron chi connectivity index (χ0n) is 11.1. The van der Waals surface area contributed by atoms with Crippen molar-refractivity contribution in [3.05, 3.63) is 64.7 Å². The molecule has 0 aromatic heterocycles. The lowest BCUT2D eigenvalue weighted by atomic mass is 10.1. The van der Waals surface area contributed by atoms with Gasteiger partial charge in [0.2, 0.25) is 0 Å². The Hall–Kier alpha value is -2.29. The van der Waals surface area contributed by atoms with Crippen molar-refractivity contribution in [1.82, 2.24) is 5.32 Å².